The van der Waals surface area contributed by atoms with Gasteiger partial charge in [0.15, 0.2) is 15.7 Å². The van der Waals surface area contributed by atoms with E-state index < -0.39 is 27.4 Å². The highest BCUT2D eigenvalue weighted by Crippen LogP contribution is 2.34. The first-order valence-electron chi connectivity index (χ1n) is 10.2. The Morgan fingerprint density at radius 3 is 2.54 bits per heavy atom. The number of halogens is 3. The number of aromatic amines is 2. The van der Waals surface area contributed by atoms with Crippen molar-refractivity contribution in [2.24, 2.45) is 7.05 Å². The fourth-order valence-corrected chi connectivity index (χ4v) is 4.84. The van der Waals surface area contributed by atoms with Crippen LogP contribution in [0.4, 0.5) is 13.2 Å². The molecule has 0 aliphatic rings. The second-order valence-electron chi connectivity index (χ2n) is 7.71. The zero-order chi connectivity index (χ0) is 25.1. The molecular weight excluding hydrogens is 487 g/mol. The van der Waals surface area contributed by atoms with E-state index in [2.05, 4.69) is 29.9 Å². The number of nitrogens with zero attached hydrogens (tertiary/aromatic N) is 5. The molecule has 0 saturated heterocycles. The first-order valence-corrected chi connectivity index (χ1v) is 11.8. The molecule has 0 aromatic carbocycles. The minimum Gasteiger partial charge on any atom is -0.324 e. The third-order valence-electron chi connectivity index (χ3n) is 5.58. The highest BCUT2D eigenvalue weighted by atomic mass is 32.2. The number of aromatic nitrogens is 7. The van der Waals surface area contributed by atoms with Gasteiger partial charge in [0.1, 0.15) is 11.4 Å². The molecule has 5 aromatic rings. The van der Waals surface area contributed by atoms with Crippen LogP contribution in [-0.2, 0) is 23.1 Å². The van der Waals surface area contributed by atoms with Gasteiger partial charge in [-0.05, 0) is 12.1 Å². The number of hydrogen-bond acceptors (Lipinski definition) is 7. The van der Waals surface area contributed by atoms with Crippen molar-refractivity contribution in [2.45, 2.75) is 18.0 Å². The molecule has 5 heterocycles. The van der Waals surface area contributed by atoms with Gasteiger partial charge in [0, 0.05) is 30.6 Å². The molecule has 10 nitrogen and oxygen atoms in total. The number of imidazole rings is 2. The molecule has 0 bridgehead atoms. The van der Waals surface area contributed by atoms with Gasteiger partial charge in [0.25, 0.3) is 0 Å². The standard InChI is InChI=1S/C21H16F3N7O3S/c1-3-35(33,34)15-4-10(11-7-25-8-13-17(11)30-20(32)29-13)6-27-18(15)19-28-12-5-16(21(22,23)24)26-9-14(12)31(19)2/h4-9H,3H2,1-2H3,(H2,29,30,32). The van der Waals surface area contributed by atoms with Gasteiger partial charge >= 0.3 is 11.9 Å². The van der Waals surface area contributed by atoms with Gasteiger partial charge in [-0.1, -0.05) is 6.92 Å². The van der Waals surface area contributed by atoms with E-state index in [1.54, 1.807) is 0 Å². The Balaban J connectivity index is 1.75. The van der Waals surface area contributed by atoms with Gasteiger partial charge in [-0.15, -0.1) is 0 Å². The van der Waals surface area contributed by atoms with Crippen molar-refractivity contribution < 1.29 is 21.6 Å². The van der Waals surface area contributed by atoms with Crippen molar-refractivity contribution in [2.75, 3.05) is 5.75 Å². The summed E-state index contributed by atoms with van der Waals surface area (Å²) in [6, 6.07) is 2.19. The minimum absolute atomic E-state index is 0.00517. The Morgan fingerprint density at radius 2 is 1.83 bits per heavy atom. The van der Waals surface area contributed by atoms with Crippen LogP contribution in [0, 0.1) is 0 Å². The van der Waals surface area contributed by atoms with Crippen LogP contribution in [0.15, 0.2) is 46.6 Å². The summed E-state index contributed by atoms with van der Waals surface area (Å²) in [7, 11) is -2.32. The molecule has 0 aliphatic carbocycles. The third-order valence-corrected chi connectivity index (χ3v) is 7.32. The topological polar surface area (TPSA) is 139 Å². The molecule has 180 valence electrons. The Kier molecular flexibility index (Phi) is 5.01. The van der Waals surface area contributed by atoms with Crippen molar-refractivity contribution >= 4 is 31.9 Å². The van der Waals surface area contributed by atoms with Crippen LogP contribution < -0.4 is 5.69 Å². The molecule has 0 radical (unpaired) electrons. The van der Waals surface area contributed by atoms with E-state index in [1.165, 1.54) is 43.2 Å². The zero-order valence-electron chi connectivity index (χ0n) is 18.2. The average Bonchev–Trinajstić information content (AvgIpc) is 3.36. The molecule has 0 saturated carbocycles. The van der Waals surface area contributed by atoms with E-state index in [0.29, 0.717) is 22.2 Å². The quantitative estimate of drug-likeness (QED) is 0.384. The maximum atomic E-state index is 13.1. The molecule has 35 heavy (non-hydrogen) atoms. The van der Waals surface area contributed by atoms with Crippen LogP contribution in [0.3, 0.4) is 0 Å². The predicted octanol–water partition coefficient (Wildman–Crippen LogP) is 3.07. The SMILES string of the molecule is CCS(=O)(=O)c1cc(-c2cncc3[nH]c(=O)[nH]c23)cnc1-c1nc2cc(C(F)(F)F)ncc2n1C. The lowest BCUT2D eigenvalue weighted by Gasteiger charge is -2.11. The summed E-state index contributed by atoms with van der Waals surface area (Å²) in [5.41, 5.74) is 0.350. The van der Waals surface area contributed by atoms with E-state index in [0.717, 1.165) is 12.3 Å². The van der Waals surface area contributed by atoms with Crippen molar-refractivity contribution in [1.29, 1.82) is 0 Å². The molecule has 0 fully saturated rings. The normalized spacial score (nSPS) is 12.6. The van der Waals surface area contributed by atoms with Crippen LogP contribution in [-0.4, -0.2) is 48.6 Å². The summed E-state index contributed by atoms with van der Waals surface area (Å²) in [6.45, 7) is 1.46. The molecule has 0 amide bonds. The van der Waals surface area contributed by atoms with Crippen molar-refractivity contribution in [3.63, 3.8) is 0 Å². The summed E-state index contributed by atoms with van der Waals surface area (Å²) >= 11 is 0. The number of alkyl halides is 3. The minimum atomic E-state index is -4.66. The number of rotatable bonds is 4. The van der Waals surface area contributed by atoms with Crippen molar-refractivity contribution in [3.8, 4) is 22.6 Å². The third kappa shape index (κ3) is 3.75. The van der Waals surface area contributed by atoms with Crippen LogP contribution in [0.1, 0.15) is 12.6 Å². The first-order chi connectivity index (χ1) is 16.5. The van der Waals surface area contributed by atoms with Crippen LogP contribution in [0.2, 0.25) is 0 Å². The van der Waals surface area contributed by atoms with Crippen molar-refractivity contribution in [3.05, 3.63) is 53.1 Å². The van der Waals surface area contributed by atoms with Gasteiger partial charge < -0.3 is 14.5 Å². The molecule has 14 heteroatoms. The van der Waals surface area contributed by atoms with E-state index in [9.17, 15) is 26.4 Å². The van der Waals surface area contributed by atoms with E-state index in [-0.39, 0.29) is 33.2 Å². The number of hydrogen-bond donors (Lipinski definition) is 2. The summed E-state index contributed by atoms with van der Waals surface area (Å²) in [5, 5.41) is 0. The Hall–Kier alpha value is -4.07. The van der Waals surface area contributed by atoms with Crippen molar-refractivity contribution in [1.82, 2.24) is 34.5 Å². The van der Waals surface area contributed by atoms with Gasteiger partial charge in [-0.2, -0.15) is 13.2 Å². The molecule has 5 rings (SSSR count). The lowest BCUT2D eigenvalue weighted by molar-refractivity contribution is -0.141. The Labute approximate surface area is 194 Å². The second-order valence-corrected chi connectivity index (χ2v) is 9.96. The number of fused-ring (bicyclic) bond motifs is 2. The average molecular weight is 503 g/mol. The number of nitrogens with one attached hydrogen (secondary N) is 2. The highest BCUT2D eigenvalue weighted by Gasteiger charge is 2.33. The number of pyridine rings is 3. The number of H-pyrrole nitrogens is 2. The molecular formula is C21H16F3N7O3S. The largest absolute Gasteiger partial charge is 0.433 e. The Bertz CT molecular complexity index is 1790. The Morgan fingerprint density at radius 1 is 1.06 bits per heavy atom. The second kappa shape index (κ2) is 7.73. The summed E-state index contributed by atoms with van der Waals surface area (Å²) in [6.07, 6.45) is 0.683. The fraction of sp³-hybridized carbons (Fsp3) is 0.190. The van der Waals surface area contributed by atoms with Gasteiger partial charge in [-0.3, -0.25) is 9.97 Å². The zero-order valence-corrected chi connectivity index (χ0v) is 19.0. The smallest absolute Gasteiger partial charge is 0.324 e. The molecule has 0 aliphatic heterocycles. The first kappa shape index (κ1) is 22.7. The highest BCUT2D eigenvalue weighted by molar-refractivity contribution is 7.91. The summed E-state index contributed by atoms with van der Waals surface area (Å²) in [5.74, 6) is -0.191. The molecule has 2 N–H and O–H groups in total. The van der Waals surface area contributed by atoms with Crippen LogP contribution >= 0.6 is 0 Å². The summed E-state index contributed by atoms with van der Waals surface area (Å²) < 4.78 is 66.9. The summed E-state index contributed by atoms with van der Waals surface area (Å²) in [4.78, 5) is 33.0. The maximum Gasteiger partial charge on any atom is 0.433 e. The van der Waals surface area contributed by atoms with Gasteiger partial charge in [0.2, 0.25) is 0 Å². The maximum absolute atomic E-state index is 13.1. The van der Waals surface area contributed by atoms with Crippen LogP contribution in [0.5, 0.6) is 0 Å². The molecule has 0 spiro atoms. The fourth-order valence-electron chi connectivity index (χ4n) is 3.78. The van der Waals surface area contributed by atoms with Gasteiger partial charge in [-0.25, -0.2) is 23.2 Å². The molecule has 5 aromatic heterocycles. The number of aryl methyl sites for hydroxylation is 1. The van der Waals surface area contributed by atoms with E-state index in [4.69, 9.17) is 0 Å². The lowest BCUT2D eigenvalue weighted by Crippen LogP contribution is -2.09. The van der Waals surface area contributed by atoms with Gasteiger partial charge in [0.05, 0.1) is 45.1 Å². The molecule has 0 unspecified atom stereocenters. The monoisotopic (exact) mass is 503 g/mol. The van der Waals surface area contributed by atoms with E-state index in [1.807, 2.05) is 0 Å². The number of sulfone groups is 1. The molecule has 0 atom stereocenters. The van der Waals surface area contributed by atoms with E-state index >= 15 is 0 Å². The predicted molar refractivity (Wildman–Crippen MR) is 120 cm³/mol. The lowest BCUT2D eigenvalue weighted by atomic mass is 10.1. The van der Waals surface area contributed by atoms with Crippen LogP contribution in [0.25, 0.3) is 44.7 Å².